The maximum atomic E-state index is 13.4. The maximum Gasteiger partial charge on any atom is 0.262 e. The second-order valence-corrected chi connectivity index (χ2v) is 9.20. The van der Waals surface area contributed by atoms with Crippen molar-refractivity contribution in [3.8, 4) is 0 Å². The molecular formula is C18H16F2IN3O3S. The first-order chi connectivity index (χ1) is 13.3. The van der Waals surface area contributed by atoms with Crippen LogP contribution in [0.15, 0.2) is 41.3 Å². The van der Waals surface area contributed by atoms with E-state index in [1.807, 2.05) is 4.68 Å². The van der Waals surface area contributed by atoms with E-state index in [0.29, 0.717) is 16.4 Å². The number of nitrogens with one attached hydrogen (secondary N) is 1. The normalized spacial score (nSPS) is 17.8. The maximum absolute atomic E-state index is 13.4. The zero-order valence-corrected chi connectivity index (χ0v) is 17.5. The Balaban J connectivity index is 1.67. The Morgan fingerprint density at radius 1 is 1.14 bits per heavy atom. The van der Waals surface area contributed by atoms with Gasteiger partial charge in [-0.15, -0.1) is 0 Å². The topological polar surface area (TPSA) is 73.2 Å². The average Bonchev–Trinajstić information content (AvgIpc) is 2.98. The number of sulfonamides is 1. The lowest BCUT2D eigenvalue weighted by molar-refractivity contribution is -0.0368. The van der Waals surface area contributed by atoms with Crippen LogP contribution in [0.2, 0.25) is 0 Å². The first-order valence-corrected chi connectivity index (χ1v) is 11.2. The van der Waals surface area contributed by atoms with Crippen LogP contribution in [0.1, 0.15) is 25.5 Å². The molecule has 0 bridgehead atoms. The fourth-order valence-corrected chi connectivity index (χ4v) is 4.96. The van der Waals surface area contributed by atoms with Crippen molar-refractivity contribution in [2.24, 2.45) is 0 Å². The van der Waals surface area contributed by atoms with Gasteiger partial charge in [-0.2, -0.15) is 5.10 Å². The van der Waals surface area contributed by atoms with E-state index in [-0.39, 0.29) is 11.9 Å². The van der Waals surface area contributed by atoms with E-state index in [1.54, 1.807) is 18.2 Å². The molecule has 0 saturated carbocycles. The van der Waals surface area contributed by atoms with Gasteiger partial charge in [0, 0.05) is 23.7 Å². The molecule has 1 atom stereocenters. The molecule has 1 aliphatic heterocycles. The Kier molecular flexibility index (Phi) is 5.27. The van der Waals surface area contributed by atoms with Gasteiger partial charge < -0.3 is 4.74 Å². The highest BCUT2D eigenvalue weighted by atomic mass is 127. The fraction of sp³-hybridized carbons (Fsp3) is 0.278. The fourth-order valence-electron chi connectivity index (χ4n) is 3.20. The van der Waals surface area contributed by atoms with Gasteiger partial charge in [-0.05, 0) is 72.2 Å². The van der Waals surface area contributed by atoms with Gasteiger partial charge in [-0.1, -0.05) is 0 Å². The summed E-state index contributed by atoms with van der Waals surface area (Å²) < 4.78 is 62.4. The van der Waals surface area contributed by atoms with Crippen LogP contribution in [0, 0.1) is 15.3 Å². The summed E-state index contributed by atoms with van der Waals surface area (Å²) in [5.41, 5.74) is 1.11. The lowest BCUT2D eigenvalue weighted by atomic mass is 10.2. The molecular weight excluding hydrogens is 503 g/mol. The molecule has 2 heterocycles. The Labute approximate surface area is 174 Å². The van der Waals surface area contributed by atoms with Crippen molar-refractivity contribution in [1.29, 1.82) is 0 Å². The van der Waals surface area contributed by atoms with E-state index in [0.717, 1.165) is 42.3 Å². The summed E-state index contributed by atoms with van der Waals surface area (Å²) in [5.74, 6) is -1.92. The summed E-state index contributed by atoms with van der Waals surface area (Å²) in [6, 6.07) is 7.16. The Bertz CT molecular complexity index is 1120. The first kappa shape index (κ1) is 19.5. The van der Waals surface area contributed by atoms with Crippen molar-refractivity contribution >= 4 is 49.2 Å². The van der Waals surface area contributed by atoms with Crippen LogP contribution >= 0.6 is 22.6 Å². The van der Waals surface area contributed by atoms with Gasteiger partial charge in [0.05, 0.1) is 10.4 Å². The molecule has 1 fully saturated rings. The van der Waals surface area contributed by atoms with Crippen LogP contribution in [0.4, 0.5) is 14.5 Å². The van der Waals surface area contributed by atoms with Gasteiger partial charge in [0.1, 0.15) is 15.3 Å². The molecule has 0 spiro atoms. The van der Waals surface area contributed by atoms with Gasteiger partial charge in [-0.25, -0.2) is 21.9 Å². The number of ether oxygens (including phenoxy) is 1. The van der Waals surface area contributed by atoms with Crippen molar-refractivity contribution in [2.75, 3.05) is 11.3 Å². The average molecular weight is 519 g/mol. The Hall–Kier alpha value is -1.79. The van der Waals surface area contributed by atoms with Crippen LogP contribution in [-0.2, 0) is 14.8 Å². The number of hydrogen-bond donors (Lipinski definition) is 1. The number of aromatic nitrogens is 2. The molecule has 1 aromatic heterocycles. The zero-order chi connectivity index (χ0) is 19.9. The number of nitrogens with zero attached hydrogens (tertiary/aromatic N) is 2. The highest BCUT2D eigenvalue weighted by Crippen LogP contribution is 2.31. The van der Waals surface area contributed by atoms with Gasteiger partial charge in [0.2, 0.25) is 0 Å². The second kappa shape index (κ2) is 7.56. The quantitative estimate of drug-likeness (QED) is 0.519. The monoisotopic (exact) mass is 519 g/mol. The molecule has 0 amide bonds. The third-order valence-electron chi connectivity index (χ3n) is 4.49. The highest BCUT2D eigenvalue weighted by molar-refractivity contribution is 14.1. The van der Waals surface area contributed by atoms with Crippen LogP contribution in [0.5, 0.6) is 0 Å². The molecule has 28 heavy (non-hydrogen) atoms. The minimum absolute atomic E-state index is 0.141. The van der Waals surface area contributed by atoms with Crippen LogP contribution < -0.4 is 4.72 Å². The Morgan fingerprint density at radius 3 is 2.57 bits per heavy atom. The van der Waals surface area contributed by atoms with Crippen LogP contribution in [0.3, 0.4) is 0 Å². The molecule has 148 valence electrons. The molecule has 4 rings (SSSR count). The minimum Gasteiger partial charge on any atom is -0.356 e. The molecule has 3 aromatic rings. The van der Waals surface area contributed by atoms with E-state index < -0.39 is 26.6 Å². The first-order valence-electron chi connectivity index (χ1n) is 8.62. The summed E-state index contributed by atoms with van der Waals surface area (Å²) in [4.78, 5) is -0.480. The molecule has 10 heteroatoms. The molecule has 0 radical (unpaired) electrons. The lowest BCUT2D eigenvalue weighted by Gasteiger charge is -2.23. The third-order valence-corrected chi connectivity index (χ3v) is 6.65. The standard InChI is InChI=1S/C18H16F2IN3O3S/c19-11-7-12(20)9-14(8-11)28(25,26)23-13-4-5-16-15(10-13)18(21)22-24(16)17-3-1-2-6-27-17/h4-5,7-10,17,23H,1-3,6H2. The lowest BCUT2D eigenvalue weighted by Crippen LogP contribution is -2.19. The zero-order valence-electron chi connectivity index (χ0n) is 14.5. The van der Waals surface area contributed by atoms with Crippen LogP contribution in [0.25, 0.3) is 10.9 Å². The molecule has 1 N–H and O–H groups in total. The van der Waals surface area contributed by atoms with Crippen molar-refractivity contribution < 1.29 is 21.9 Å². The molecule has 1 saturated heterocycles. The summed E-state index contributed by atoms with van der Waals surface area (Å²) in [5, 5.41) is 5.30. The number of fused-ring (bicyclic) bond motifs is 1. The Morgan fingerprint density at radius 2 is 1.89 bits per heavy atom. The van der Waals surface area contributed by atoms with E-state index in [9.17, 15) is 17.2 Å². The second-order valence-electron chi connectivity index (χ2n) is 6.50. The SMILES string of the molecule is O=S(=O)(Nc1ccc2c(c1)c(I)nn2C1CCCCO1)c1cc(F)cc(F)c1. The van der Waals surface area contributed by atoms with Crippen molar-refractivity contribution in [3.63, 3.8) is 0 Å². The molecule has 6 nitrogen and oxygen atoms in total. The third kappa shape index (κ3) is 3.85. The number of benzene rings is 2. The predicted molar refractivity (Wildman–Crippen MR) is 108 cm³/mol. The summed E-state index contributed by atoms with van der Waals surface area (Å²) >= 11 is 2.09. The summed E-state index contributed by atoms with van der Waals surface area (Å²) in [6.45, 7) is 0.685. The van der Waals surface area contributed by atoms with Crippen molar-refractivity contribution in [1.82, 2.24) is 9.78 Å². The van der Waals surface area contributed by atoms with Gasteiger partial charge in [0.25, 0.3) is 10.0 Å². The summed E-state index contributed by atoms with van der Waals surface area (Å²) in [6.07, 6.45) is 2.81. The highest BCUT2D eigenvalue weighted by Gasteiger charge is 2.22. The van der Waals surface area contributed by atoms with Crippen LogP contribution in [-0.4, -0.2) is 24.8 Å². The predicted octanol–water partition coefficient (Wildman–Crippen LogP) is 4.42. The van der Waals surface area contributed by atoms with E-state index >= 15 is 0 Å². The van der Waals surface area contributed by atoms with E-state index in [1.165, 1.54) is 0 Å². The number of anilines is 1. The summed E-state index contributed by atoms with van der Waals surface area (Å²) in [7, 11) is -4.14. The van der Waals surface area contributed by atoms with E-state index in [2.05, 4.69) is 32.4 Å². The van der Waals surface area contributed by atoms with Gasteiger partial charge in [0.15, 0.2) is 6.23 Å². The molecule has 0 aliphatic carbocycles. The number of hydrogen-bond acceptors (Lipinski definition) is 4. The van der Waals surface area contributed by atoms with Crippen molar-refractivity contribution in [2.45, 2.75) is 30.4 Å². The largest absolute Gasteiger partial charge is 0.356 e. The van der Waals surface area contributed by atoms with E-state index in [4.69, 9.17) is 4.74 Å². The minimum atomic E-state index is -4.14. The smallest absolute Gasteiger partial charge is 0.262 e. The number of rotatable bonds is 4. The molecule has 1 aliphatic rings. The van der Waals surface area contributed by atoms with Gasteiger partial charge >= 0.3 is 0 Å². The van der Waals surface area contributed by atoms with Gasteiger partial charge in [-0.3, -0.25) is 4.72 Å². The molecule has 2 aromatic carbocycles. The number of halogens is 3. The van der Waals surface area contributed by atoms with Crippen molar-refractivity contribution in [3.05, 3.63) is 51.7 Å². The molecule has 1 unspecified atom stereocenters.